The zero-order valence-corrected chi connectivity index (χ0v) is 13.9. The molecule has 3 nitrogen and oxygen atoms in total. The van der Waals surface area contributed by atoms with Gasteiger partial charge in [0.05, 0.1) is 0 Å². The highest BCUT2D eigenvalue weighted by Gasteiger charge is 2.21. The second-order valence-electron chi connectivity index (χ2n) is 4.70. The molecule has 0 bridgehead atoms. The Bertz CT molecular complexity index is 728. The summed E-state index contributed by atoms with van der Waals surface area (Å²) < 4.78 is 30.5. The number of aryl methyl sites for hydroxylation is 3. The Balaban J connectivity index is 2.47. The summed E-state index contributed by atoms with van der Waals surface area (Å²) in [6.45, 7) is 5.64. The van der Waals surface area contributed by atoms with Crippen LogP contribution in [-0.2, 0) is 10.1 Å². The minimum Gasteiger partial charge on any atom is -0.378 e. The van der Waals surface area contributed by atoms with Gasteiger partial charge in [-0.2, -0.15) is 8.42 Å². The lowest BCUT2D eigenvalue weighted by molar-refractivity contribution is 0.481. The van der Waals surface area contributed by atoms with Crippen LogP contribution in [0, 0.1) is 20.8 Å². The van der Waals surface area contributed by atoms with Crippen LogP contribution in [0.5, 0.6) is 5.75 Å². The van der Waals surface area contributed by atoms with Crippen molar-refractivity contribution in [2.75, 3.05) is 0 Å². The molecule has 0 aliphatic rings. The zero-order chi connectivity index (χ0) is 14.9. The molecule has 0 spiro atoms. The van der Waals surface area contributed by atoms with E-state index in [2.05, 4.69) is 15.9 Å². The van der Waals surface area contributed by atoms with Gasteiger partial charge in [-0.25, -0.2) is 0 Å². The van der Waals surface area contributed by atoms with Gasteiger partial charge >= 0.3 is 10.1 Å². The maximum atomic E-state index is 12.4. The lowest BCUT2D eigenvalue weighted by atomic mass is 10.1. The van der Waals surface area contributed by atoms with Crippen LogP contribution in [0.2, 0.25) is 0 Å². The van der Waals surface area contributed by atoms with Crippen LogP contribution in [0.25, 0.3) is 0 Å². The molecule has 0 fully saturated rings. The molecule has 0 radical (unpaired) electrons. The molecule has 2 aromatic rings. The van der Waals surface area contributed by atoms with Gasteiger partial charge in [0.1, 0.15) is 10.6 Å². The highest BCUT2D eigenvalue weighted by Crippen LogP contribution is 2.30. The van der Waals surface area contributed by atoms with E-state index in [1.807, 2.05) is 32.9 Å². The molecule has 5 heteroatoms. The summed E-state index contributed by atoms with van der Waals surface area (Å²) in [5.74, 6) is 0.395. The highest BCUT2D eigenvalue weighted by atomic mass is 79.9. The smallest absolute Gasteiger partial charge is 0.340 e. The third-order valence-corrected chi connectivity index (χ3v) is 5.14. The van der Waals surface area contributed by atoms with E-state index in [0.29, 0.717) is 10.2 Å². The van der Waals surface area contributed by atoms with Crippen molar-refractivity contribution in [3.63, 3.8) is 0 Å². The molecule has 0 aliphatic carbocycles. The maximum absolute atomic E-state index is 12.4. The Morgan fingerprint density at radius 1 is 1.00 bits per heavy atom. The van der Waals surface area contributed by atoms with Crippen LogP contribution in [0.3, 0.4) is 0 Å². The van der Waals surface area contributed by atoms with E-state index in [0.717, 1.165) is 16.7 Å². The molecule has 0 saturated carbocycles. The molecule has 0 N–H and O–H groups in total. The molecule has 2 rings (SSSR count). The SMILES string of the molecule is Cc1cc(C)c(OS(=O)(=O)c2ccccc2Br)c(C)c1. The van der Waals surface area contributed by atoms with Gasteiger partial charge in [0.25, 0.3) is 0 Å². The van der Waals surface area contributed by atoms with E-state index < -0.39 is 10.1 Å². The Hall–Kier alpha value is -1.33. The molecule has 20 heavy (non-hydrogen) atoms. The minimum absolute atomic E-state index is 0.124. The summed E-state index contributed by atoms with van der Waals surface area (Å²) in [4.78, 5) is 0.124. The summed E-state index contributed by atoms with van der Waals surface area (Å²) in [7, 11) is -3.85. The number of halogens is 1. The van der Waals surface area contributed by atoms with Crippen LogP contribution in [0.1, 0.15) is 16.7 Å². The van der Waals surface area contributed by atoms with E-state index in [-0.39, 0.29) is 4.90 Å². The minimum atomic E-state index is -3.85. The molecule has 2 aromatic carbocycles. The second-order valence-corrected chi connectivity index (χ2v) is 7.06. The Morgan fingerprint density at radius 2 is 1.55 bits per heavy atom. The third-order valence-electron chi connectivity index (χ3n) is 2.90. The van der Waals surface area contributed by atoms with Crippen LogP contribution >= 0.6 is 15.9 Å². The van der Waals surface area contributed by atoms with Gasteiger partial charge in [0.15, 0.2) is 0 Å². The number of hydrogen-bond acceptors (Lipinski definition) is 3. The van der Waals surface area contributed by atoms with E-state index in [4.69, 9.17) is 4.18 Å². The van der Waals surface area contributed by atoms with Gasteiger partial charge in [0, 0.05) is 4.47 Å². The number of hydrogen-bond donors (Lipinski definition) is 0. The zero-order valence-electron chi connectivity index (χ0n) is 11.5. The van der Waals surface area contributed by atoms with Crippen LogP contribution in [0.4, 0.5) is 0 Å². The monoisotopic (exact) mass is 354 g/mol. The lowest BCUT2D eigenvalue weighted by Gasteiger charge is -2.13. The summed E-state index contributed by atoms with van der Waals surface area (Å²) in [5, 5.41) is 0. The first kappa shape index (κ1) is 15.1. The normalized spacial score (nSPS) is 11.4. The van der Waals surface area contributed by atoms with Crippen LogP contribution in [-0.4, -0.2) is 8.42 Å². The molecule has 0 amide bonds. The van der Waals surface area contributed by atoms with Crippen molar-refractivity contribution in [3.8, 4) is 5.75 Å². The Labute approximate surface area is 127 Å². The second kappa shape index (κ2) is 5.58. The first-order chi connectivity index (χ1) is 9.31. The number of rotatable bonds is 3. The molecule has 0 atom stereocenters. The average Bonchev–Trinajstić information content (AvgIpc) is 2.34. The van der Waals surface area contributed by atoms with Crippen molar-refractivity contribution < 1.29 is 12.6 Å². The van der Waals surface area contributed by atoms with Gasteiger partial charge < -0.3 is 4.18 Å². The van der Waals surface area contributed by atoms with Gasteiger partial charge in [-0.3, -0.25) is 0 Å². The predicted molar refractivity (Wildman–Crippen MR) is 82.6 cm³/mol. The fraction of sp³-hybridized carbons (Fsp3) is 0.200. The molecule has 0 aliphatic heterocycles. The van der Waals surface area contributed by atoms with E-state index in [9.17, 15) is 8.42 Å². The van der Waals surface area contributed by atoms with Crippen LogP contribution < -0.4 is 4.18 Å². The van der Waals surface area contributed by atoms with Crippen molar-refractivity contribution >= 4 is 26.0 Å². The summed E-state index contributed by atoms with van der Waals surface area (Å²) in [6.07, 6.45) is 0. The van der Waals surface area contributed by atoms with Gasteiger partial charge in [-0.1, -0.05) is 29.8 Å². The van der Waals surface area contributed by atoms with E-state index in [1.54, 1.807) is 18.2 Å². The van der Waals surface area contributed by atoms with E-state index >= 15 is 0 Å². The molecule has 0 heterocycles. The molecular formula is C15H15BrO3S. The summed E-state index contributed by atoms with van der Waals surface area (Å²) in [5.41, 5.74) is 2.68. The standard InChI is InChI=1S/C15H15BrO3S/c1-10-8-11(2)15(12(3)9-10)19-20(17,18)14-7-5-4-6-13(14)16/h4-9H,1-3H3. The Morgan fingerprint density at radius 3 is 2.10 bits per heavy atom. The molecule has 106 valence electrons. The van der Waals surface area contributed by atoms with Crippen LogP contribution in [0.15, 0.2) is 45.8 Å². The topological polar surface area (TPSA) is 43.4 Å². The average molecular weight is 355 g/mol. The molecule has 0 aromatic heterocycles. The van der Waals surface area contributed by atoms with E-state index in [1.165, 1.54) is 6.07 Å². The largest absolute Gasteiger partial charge is 0.378 e. The molecule has 0 unspecified atom stereocenters. The maximum Gasteiger partial charge on any atom is 0.340 e. The first-order valence-corrected chi connectivity index (χ1v) is 8.28. The van der Waals surface area contributed by atoms with Crippen molar-refractivity contribution in [1.29, 1.82) is 0 Å². The third kappa shape index (κ3) is 3.04. The predicted octanol–water partition coefficient (Wildman–Crippen LogP) is 4.14. The molecular weight excluding hydrogens is 340 g/mol. The Kier molecular flexibility index (Phi) is 4.20. The van der Waals surface area contributed by atoms with Crippen molar-refractivity contribution in [3.05, 3.63) is 57.6 Å². The summed E-state index contributed by atoms with van der Waals surface area (Å²) >= 11 is 3.23. The fourth-order valence-corrected chi connectivity index (χ4v) is 4.10. The van der Waals surface area contributed by atoms with Gasteiger partial charge in [-0.05, 0) is 60.0 Å². The lowest BCUT2D eigenvalue weighted by Crippen LogP contribution is -2.12. The summed E-state index contributed by atoms with van der Waals surface area (Å²) in [6, 6.07) is 10.4. The van der Waals surface area contributed by atoms with Crippen molar-refractivity contribution in [1.82, 2.24) is 0 Å². The van der Waals surface area contributed by atoms with Gasteiger partial charge in [-0.15, -0.1) is 0 Å². The fourth-order valence-electron chi connectivity index (χ4n) is 2.10. The van der Waals surface area contributed by atoms with Crippen molar-refractivity contribution in [2.45, 2.75) is 25.7 Å². The number of benzene rings is 2. The first-order valence-electron chi connectivity index (χ1n) is 6.08. The quantitative estimate of drug-likeness (QED) is 0.777. The molecule has 0 saturated heterocycles. The van der Waals surface area contributed by atoms with Gasteiger partial charge in [0.2, 0.25) is 0 Å². The highest BCUT2D eigenvalue weighted by molar-refractivity contribution is 9.10. The van der Waals surface area contributed by atoms with Crippen molar-refractivity contribution in [2.24, 2.45) is 0 Å².